The van der Waals surface area contributed by atoms with Crippen molar-refractivity contribution in [2.75, 3.05) is 7.11 Å². The fraction of sp³-hybridized carbons (Fsp3) is 0.0625. The fourth-order valence-corrected chi connectivity index (χ4v) is 3.19. The maximum atomic E-state index is 12.6. The molecule has 9 nitrogen and oxygen atoms in total. The third-order valence-electron chi connectivity index (χ3n) is 3.64. The molecule has 0 atom stereocenters. The summed E-state index contributed by atoms with van der Waals surface area (Å²) in [5.41, 5.74) is -1.51. The van der Waals surface area contributed by atoms with Gasteiger partial charge in [0.25, 0.3) is 0 Å². The Bertz CT molecular complexity index is 1190. The van der Waals surface area contributed by atoms with Crippen LogP contribution in [-0.4, -0.2) is 35.4 Å². The summed E-state index contributed by atoms with van der Waals surface area (Å²) < 4.78 is 43.4. The molecule has 0 spiro atoms. The van der Waals surface area contributed by atoms with E-state index in [9.17, 15) is 33.1 Å². The zero-order valence-electron chi connectivity index (χ0n) is 13.1. The summed E-state index contributed by atoms with van der Waals surface area (Å²) in [6.45, 7) is 0. The van der Waals surface area contributed by atoms with Gasteiger partial charge in [-0.05, 0) is 18.2 Å². The average Bonchev–Trinajstić information content (AvgIpc) is 2.55. The Morgan fingerprint density at radius 2 is 1.69 bits per heavy atom. The first kappa shape index (κ1) is 17.6. The molecular weight excluding hydrogens is 368 g/mol. The summed E-state index contributed by atoms with van der Waals surface area (Å²) >= 11 is 0. The quantitative estimate of drug-likeness (QED) is 0.393. The largest absolute Gasteiger partial charge is 0.507 e. The number of fused-ring (bicyclic) bond motifs is 1. The first-order valence-electron chi connectivity index (χ1n) is 7.01. The van der Waals surface area contributed by atoms with Crippen LogP contribution in [0.2, 0.25) is 0 Å². The number of phenolic OH excluding ortho intramolecular Hbond substituents is 3. The smallest absolute Gasteiger partial charge is 0.302 e. The third kappa shape index (κ3) is 2.80. The Labute approximate surface area is 146 Å². The second-order valence-corrected chi connectivity index (χ2v) is 6.65. The molecule has 0 bridgehead atoms. The van der Waals surface area contributed by atoms with E-state index in [-0.39, 0.29) is 16.9 Å². The summed E-state index contributed by atoms with van der Waals surface area (Å²) in [6.07, 6.45) is 0. The second kappa shape index (κ2) is 5.93. The monoisotopic (exact) mass is 380 g/mol. The minimum atomic E-state index is -5.05. The Kier molecular flexibility index (Phi) is 4.01. The molecule has 0 amide bonds. The van der Waals surface area contributed by atoms with Crippen molar-refractivity contribution in [1.82, 2.24) is 0 Å². The molecule has 0 radical (unpaired) electrons. The molecule has 0 aliphatic rings. The average molecular weight is 380 g/mol. The molecule has 0 aliphatic carbocycles. The lowest BCUT2D eigenvalue weighted by Crippen LogP contribution is -2.16. The van der Waals surface area contributed by atoms with Crippen LogP contribution in [0.1, 0.15) is 0 Å². The summed E-state index contributed by atoms with van der Waals surface area (Å²) in [5.74, 6) is -2.12. The topological polar surface area (TPSA) is 154 Å². The van der Waals surface area contributed by atoms with E-state index in [0.29, 0.717) is 0 Å². The molecule has 10 heteroatoms. The van der Waals surface area contributed by atoms with Crippen molar-refractivity contribution in [3.05, 3.63) is 40.6 Å². The van der Waals surface area contributed by atoms with Crippen LogP contribution in [0.25, 0.3) is 22.3 Å². The predicted molar refractivity (Wildman–Crippen MR) is 89.3 cm³/mol. The van der Waals surface area contributed by atoms with Crippen molar-refractivity contribution in [3.8, 4) is 34.3 Å². The molecule has 1 heterocycles. The van der Waals surface area contributed by atoms with Gasteiger partial charge in [0, 0.05) is 17.7 Å². The minimum absolute atomic E-state index is 0.103. The Morgan fingerprint density at radius 1 is 1.00 bits per heavy atom. The van der Waals surface area contributed by atoms with Gasteiger partial charge >= 0.3 is 10.1 Å². The van der Waals surface area contributed by atoms with E-state index < -0.39 is 48.8 Å². The number of hydrogen-bond donors (Lipinski definition) is 4. The molecule has 4 N–H and O–H groups in total. The van der Waals surface area contributed by atoms with Crippen molar-refractivity contribution in [3.63, 3.8) is 0 Å². The standard InChI is InChI=1S/C16H12O9S/c1-24-8-5-11(19)13-12(6-8)25-15(16(14(13)20)26(21,22)23)7-2-3-9(17)10(18)4-7/h2-6,17-19H,1H3,(H,21,22,23). The minimum Gasteiger partial charge on any atom is -0.507 e. The maximum absolute atomic E-state index is 12.6. The molecule has 0 unspecified atom stereocenters. The van der Waals surface area contributed by atoms with Crippen molar-refractivity contribution in [2.24, 2.45) is 0 Å². The van der Waals surface area contributed by atoms with Gasteiger partial charge in [0.15, 0.2) is 22.2 Å². The molecule has 2 aromatic carbocycles. The lowest BCUT2D eigenvalue weighted by Gasteiger charge is -2.11. The highest BCUT2D eigenvalue weighted by atomic mass is 32.2. The third-order valence-corrected chi connectivity index (χ3v) is 4.52. The van der Waals surface area contributed by atoms with Gasteiger partial charge in [-0.2, -0.15) is 8.42 Å². The molecule has 3 aromatic rings. The molecule has 26 heavy (non-hydrogen) atoms. The number of aromatic hydroxyl groups is 3. The van der Waals surface area contributed by atoms with E-state index >= 15 is 0 Å². The van der Waals surface area contributed by atoms with Gasteiger partial charge in [-0.25, -0.2) is 0 Å². The van der Waals surface area contributed by atoms with Crippen molar-refractivity contribution in [2.45, 2.75) is 4.90 Å². The zero-order chi connectivity index (χ0) is 19.2. The molecule has 0 fully saturated rings. The fourth-order valence-electron chi connectivity index (χ4n) is 2.46. The van der Waals surface area contributed by atoms with Crippen LogP contribution in [0.15, 0.2) is 44.4 Å². The molecular formula is C16H12O9S. The lowest BCUT2D eigenvalue weighted by molar-refractivity contribution is 0.403. The Balaban J connectivity index is 2.51. The Morgan fingerprint density at radius 3 is 2.27 bits per heavy atom. The van der Waals surface area contributed by atoms with E-state index in [4.69, 9.17) is 9.15 Å². The van der Waals surface area contributed by atoms with Gasteiger partial charge < -0.3 is 24.5 Å². The van der Waals surface area contributed by atoms with Crippen molar-refractivity contribution >= 4 is 21.1 Å². The predicted octanol–water partition coefficient (Wildman–Crippen LogP) is 1.83. The van der Waals surface area contributed by atoms with Crippen LogP contribution in [0.3, 0.4) is 0 Å². The van der Waals surface area contributed by atoms with Crippen LogP contribution in [0.4, 0.5) is 0 Å². The maximum Gasteiger partial charge on any atom is 0.302 e. The normalized spacial score (nSPS) is 11.6. The van der Waals surface area contributed by atoms with Gasteiger partial charge in [0.1, 0.15) is 22.5 Å². The van der Waals surface area contributed by atoms with Crippen molar-refractivity contribution < 1.29 is 37.4 Å². The summed E-state index contributed by atoms with van der Waals surface area (Å²) in [4.78, 5) is 11.5. The van der Waals surface area contributed by atoms with E-state index in [1.807, 2.05) is 0 Å². The van der Waals surface area contributed by atoms with E-state index in [1.54, 1.807) is 0 Å². The first-order valence-corrected chi connectivity index (χ1v) is 8.45. The first-order chi connectivity index (χ1) is 12.1. The van der Waals surface area contributed by atoms with Crippen LogP contribution >= 0.6 is 0 Å². The zero-order valence-corrected chi connectivity index (χ0v) is 13.9. The summed E-state index contributed by atoms with van der Waals surface area (Å²) in [7, 11) is -3.74. The van der Waals surface area contributed by atoms with Crippen molar-refractivity contribution in [1.29, 1.82) is 0 Å². The SMILES string of the molecule is COc1cc(O)c2c(=O)c(S(=O)(=O)O)c(-c3ccc(O)c(O)c3)oc2c1. The van der Waals surface area contributed by atoms with Gasteiger partial charge in [-0.3, -0.25) is 9.35 Å². The highest BCUT2D eigenvalue weighted by molar-refractivity contribution is 7.86. The van der Waals surface area contributed by atoms with Gasteiger partial charge in [0.05, 0.1) is 7.11 Å². The molecule has 1 aromatic heterocycles. The summed E-state index contributed by atoms with van der Waals surface area (Å²) in [6, 6.07) is 5.50. The second-order valence-electron chi connectivity index (χ2n) is 5.29. The van der Waals surface area contributed by atoms with Gasteiger partial charge in [-0.15, -0.1) is 0 Å². The number of benzene rings is 2. The highest BCUT2D eigenvalue weighted by Gasteiger charge is 2.28. The van der Waals surface area contributed by atoms with Gasteiger partial charge in [-0.1, -0.05) is 0 Å². The van der Waals surface area contributed by atoms with Gasteiger partial charge in [0.2, 0.25) is 5.43 Å². The van der Waals surface area contributed by atoms with Crippen LogP contribution in [0, 0.1) is 0 Å². The molecule has 0 aliphatic heterocycles. The molecule has 3 rings (SSSR count). The van der Waals surface area contributed by atoms with E-state index in [2.05, 4.69) is 0 Å². The summed E-state index contributed by atoms with van der Waals surface area (Å²) in [5, 5.41) is 28.6. The van der Waals surface area contributed by atoms with E-state index in [0.717, 1.165) is 18.2 Å². The highest BCUT2D eigenvalue weighted by Crippen LogP contribution is 2.36. The number of ether oxygens (including phenoxy) is 1. The van der Waals surface area contributed by atoms with Crippen LogP contribution in [-0.2, 0) is 10.1 Å². The van der Waals surface area contributed by atoms with Crippen LogP contribution in [0.5, 0.6) is 23.0 Å². The Hall–Kier alpha value is -3.24. The number of rotatable bonds is 3. The number of hydrogen-bond acceptors (Lipinski definition) is 8. The van der Waals surface area contributed by atoms with E-state index in [1.165, 1.54) is 19.2 Å². The number of phenols is 3. The molecule has 0 saturated carbocycles. The number of methoxy groups -OCH3 is 1. The van der Waals surface area contributed by atoms with Crippen LogP contribution < -0.4 is 10.2 Å². The lowest BCUT2D eigenvalue weighted by atomic mass is 10.1. The molecule has 136 valence electrons. The molecule has 0 saturated heterocycles.